The van der Waals surface area contributed by atoms with Gasteiger partial charge in [-0.05, 0) is 31.6 Å². The van der Waals surface area contributed by atoms with Crippen molar-refractivity contribution in [1.82, 2.24) is 20.1 Å². The number of likely N-dealkylation sites (tertiary alicyclic amines) is 1. The molecule has 1 N–H and O–H groups in total. The van der Waals surface area contributed by atoms with Crippen LogP contribution in [0, 0.1) is 5.92 Å². The number of hydrogen-bond donors (Lipinski definition) is 1. The van der Waals surface area contributed by atoms with Crippen molar-refractivity contribution >= 4 is 53.1 Å². The maximum absolute atomic E-state index is 13.8. The smallest absolute Gasteiger partial charge is 0.378 e. The molecule has 0 bridgehead atoms. The van der Waals surface area contributed by atoms with Gasteiger partial charge in [-0.3, -0.25) is 14.5 Å². The van der Waals surface area contributed by atoms with Crippen LogP contribution in [0.15, 0.2) is 0 Å². The number of unbranched alkanes of at least 4 members (excludes halogenated alkanes) is 1. The number of thiazole rings is 1. The quantitative estimate of drug-likeness (QED) is 0.467. The second-order valence-electron chi connectivity index (χ2n) is 10.7. The van der Waals surface area contributed by atoms with E-state index in [4.69, 9.17) is 4.74 Å². The van der Waals surface area contributed by atoms with Crippen LogP contribution >= 0.6 is 36.2 Å². The Morgan fingerprint density at radius 2 is 1.77 bits per heavy atom. The van der Waals surface area contributed by atoms with E-state index >= 15 is 0 Å². The Bertz CT molecular complexity index is 967. The SMILES string of the molecule is CCCCN1C(=O)C(CC(C)C)NC(=O)C12CCN(Cc1sc(N3CCOCC3)nc1C(F)(F)F)CC2.Cl.Cl. The molecule has 0 aromatic carbocycles. The first kappa shape index (κ1) is 33.9. The average Bonchev–Trinajstić information content (AvgIpc) is 3.29. The van der Waals surface area contributed by atoms with E-state index in [1.54, 1.807) is 4.90 Å². The third-order valence-electron chi connectivity index (χ3n) is 7.54. The molecular formula is C25H40Cl2F3N5O3S. The van der Waals surface area contributed by atoms with Crippen molar-refractivity contribution in [1.29, 1.82) is 0 Å². The number of piperidine rings is 1. The fourth-order valence-corrected chi connectivity index (χ4v) is 6.66. The van der Waals surface area contributed by atoms with E-state index in [0.29, 0.717) is 70.3 Å². The molecule has 1 aromatic heterocycles. The normalized spacial score (nSPS) is 22.1. The zero-order valence-electron chi connectivity index (χ0n) is 22.7. The summed E-state index contributed by atoms with van der Waals surface area (Å²) in [6.07, 6.45) is -1.44. The van der Waals surface area contributed by atoms with Gasteiger partial charge in [-0.15, -0.1) is 24.8 Å². The minimum Gasteiger partial charge on any atom is -0.378 e. The summed E-state index contributed by atoms with van der Waals surface area (Å²) in [6, 6.07) is -0.516. The molecule has 4 heterocycles. The Morgan fingerprint density at radius 1 is 1.13 bits per heavy atom. The van der Waals surface area contributed by atoms with E-state index in [1.807, 2.05) is 30.6 Å². The first-order chi connectivity index (χ1) is 17.5. The minimum atomic E-state index is -4.54. The number of anilines is 1. The molecule has 0 saturated carbocycles. The van der Waals surface area contributed by atoms with E-state index in [0.717, 1.165) is 24.2 Å². The van der Waals surface area contributed by atoms with Crippen LogP contribution < -0.4 is 10.2 Å². The van der Waals surface area contributed by atoms with Crippen LogP contribution in [-0.4, -0.2) is 84.1 Å². The van der Waals surface area contributed by atoms with Crippen LogP contribution in [0.5, 0.6) is 0 Å². The molecule has 0 aliphatic carbocycles. The predicted octanol–water partition coefficient (Wildman–Crippen LogP) is 4.35. The Hall–Kier alpha value is -1.34. The van der Waals surface area contributed by atoms with Crippen molar-refractivity contribution in [3.05, 3.63) is 10.6 Å². The first-order valence-electron chi connectivity index (χ1n) is 13.3. The number of ether oxygens (including phenoxy) is 1. The topological polar surface area (TPSA) is 78.0 Å². The summed E-state index contributed by atoms with van der Waals surface area (Å²) in [5, 5.41) is 3.35. The summed E-state index contributed by atoms with van der Waals surface area (Å²) >= 11 is 1.09. The molecule has 3 aliphatic heterocycles. The largest absolute Gasteiger partial charge is 0.434 e. The number of alkyl halides is 3. The number of carbonyl (C=O) groups excluding carboxylic acids is 2. The second kappa shape index (κ2) is 14.0. The summed E-state index contributed by atoms with van der Waals surface area (Å²) in [5.41, 5.74) is -1.76. The number of piperazine rings is 1. The highest BCUT2D eigenvalue weighted by molar-refractivity contribution is 7.15. The number of rotatable bonds is 8. The van der Waals surface area contributed by atoms with Crippen molar-refractivity contribution in [2.24, 2.45) is 5.92 Å². The lowest BCUT2D eigenvalue weighted by Crippen LogP contribution is -2.73. The average molecular weight is 619 g/mol. The first-order valence-corrected chi connectivity index (χ1v) is 14.1. The Kier molecular flexibility index (Phi) is 12.2. The standard InChI is InChI=1S/C25H38F3N5O3S.2ClH/c1-4-5-8-33-21(34)18(15-17(2)3)29-22(35)24(33)6-9-31(10-7-24)16-19-20(25(26,27)28)30-23(37-19)32-11-13-36-14-12-32;;/h17-18H,4-16H2,1-3H3,(H,29,35);2*1H. The Morgan fingerprint density at radius 3 is 2.33 bits per heavy atom. The van der Waals surface area contributed by atoms with E-state index in [2.05, 4.69) is 10.3 Å². The van der Waals surface area contributed by atoms with Gasteiger partial charge >= 0.3 is 6.18 Å². The Labute approximate surface area is 244 Å². The monoisotopic (exact) mass is 617 g/mol. The predicted molar refractivity (Wildman–Crippen MR) is 150 cm³/mol. The fraction of sp³-hybridized carbons (Fsp3) is 0.800. The molecule has 1 aromatic rings. The van der Waals surface area contributed by atoms with Gasteiger partial charge in [-0.1, -0.05) is 38.5 Å². The van der Waals surface area contributed by atoms with Crippen molar-refractivity contribution in [2.75, 3.05) is 50.8 Å². The number of amides is 2. The summed E-state index contributed by atoms with van der Waals surface area (Å²) in [6.45, 7) is 9.58. The molecule has 39 heavy (non-hydrogen) atoms. The van der Waals surface area contributed by atoms with E-state index in [-0.39, 0.29) is 54.0 Å². The zero-order chi connectivity index (χ0) is 26.8. The summed E-state index contributed by atoms with van der Waals surface area (Å²) < 4.78 is 46.9. The molecule has 0 radical (unpaired) electrons. The molecule has 1 spiro atoms. The molecule has 224 valence electrons. The number of nitrogens with one attached hydrogen (secondary N) is 1. The number of nitrogens with zero attached hydrogens (tertiary/aromatic N) is 4. The van der Waals surface area contributed by atoms with Gasteiger partial charge in [-0.2, -0.15) is 13.2 Å². The zero-order valence-corrected chi connectivity index (χ0v) is 25.2. The third kappa shape index (κ3) is 7.49. The molecular weight excluding hydrogens is 578 g/mol. The third-order valence-corrected chi connectivity index (χ3v) is 8.64. The number of aromatic nitrogens is 1. The van der Waals surface area contributed by atoms with E-state index in [9.17, 15) is 22.8 Å². The van der Waals surface area contributed by atoms with Gasteiger partial charge in [-0.25, -0.2) is 4.98 Å². The highest BCUT2D eigenvalue weighted by Crippen LogP contribution is 2.40. The van der Waals surface area contributed by atoms with Crippen LogP contribution in [0.25, 0.3) is 0 Å². The van der Waals surface area contributed by atoms with Crippen LogP contribution in [0.2, 0.25) is 0 Å². The summed E-state index contributed by atoms with van der Waals surface area (Å²) in [5.74, 6) is 0.104. The number of halogens is 5. The molecule has 4 rings (SSSR count). The molecule has 1 unspecified atom stereocenters. The molecule has 1 atom stereocenters. The maximum Gasteiger partial charge on any atom is 0.434 e. The van der Waals surface area contributed by atoms with Crippen LogP contribution in [-0.2, 0) is 27.0 Å². The fourth-order valence-electron chi connectivity index (χ4n) is 5.49. The molecule has 3 fully saturated rings. The van der Waals surface area contributed by atoms with Gasteiger partial charge in [0.1, 0.15) is 11.6 Å². The molecule has 3 aliphatic rings. The number of hydrogen-bond acceptors (Lipinski definition) is 7. The van der Waals surface area contributed by atoms with E-state index < -0.39 is 23.5 Å². The highest BCUT2D eigenvalue weighted by atomic mass is 35.5. The van der Waals surface area contributed by atoms with E-state index in [1.165, 1.54) is 0 Å². The molecule has 3 saturated heterocycles. The maximum atomic E-state index is 13.8. The van der Waals surface area contributed by atoms with Gasteiger partial charge in [0.15, 0.2) is 10.8 Å². The number of carbonyl (C=O) groups is 2. The van der Waals surface area contributed by atoms with Gasteiger partial charge in [0.2, 0.25) is 11.8 Å². The lowest BCUT2D eigenvalue weighted by atomic mass is 9.80. The number of morpholine rings is 1. The minimum absolute atomic E-state index is 0. The lowest BCUT2D eigenvalue weighted by Gasteiger charge is -2.52. The van der Waals surface area contributed by atoms with Crippen LogP contribution in [0.1, 0.15) is 63.4 Å². The second-order valence-corrected chi connectivity index (χ2v) is 11.7. The van der Waals surface area contributed by atoms with Crippen molar-refractivity contribution < 1.29 is 27.5 Å². The van der Waals surface area contributed by atoms with Crippen LogP contribution in [0.4, 0.5) is 18.3 Å². The molecule has 8 nitrogen and oxygen atoms in total. The molecule has 14 heteroatoms. The molecule has 2 amide bonds. The highest BCUT2D eigenvalue weighted by Gasteiger charge is 2.53. The van der Waals surface area contributed by atoms with Crippen molar-refractivity contribution in [2.45, 2.75) is 77.2 Å². The van der Waals surface area contributed by atoms with Crippen molar-refractivity contribution in [3.8, 4) is 0 Å². The summed E-state index contributed by atoms with van der Waals surface area (Å²) in [7, 11) is 0. The van der Waals surface area contributed by atoms with Gasteiger partial charge in [0.05, 0.1) is 18.1 Å². The van der Waals surface area contributed by atoms with Crippen molar-refractivity contribution in [3.63, 3.8) is 0 Å². The summed E-state index contributed by atoms with van der Waals surface area (Å²) in [4.78, 5) is 36.6. The van der Waals surface area contributed by atoms with Gasteiger partial charge in [0.25, 0.3) is 0 Å². The Balaban J connectivity index is 0.00000267. The van der Waals surface area contributed by atoms with Gasteiger partial charge in [0, 0.05) is 39.3 Å². The van der Waals surface area contributed by atoms with Gasteiger partial charge < -0.3 is 19.9 Å². The van der Waals surface area contributed by atoms with Crippen LogP contribution in [0.3, 0.4) is 0 Å². The lowest BCUT2D eigenvalue weighted by molar-refractivity contribution is -0.162.